The zero-order chi connectivity index (χ0) is 12.2. The van der Waals surface area contributed by atoms with Crippen LogP contribution in [0.25, 0.3) is 0 Å². The SMILES string of the molecule is CCC(CCCN1CCC[Si]1(C)C)C(=O)O. The van der Waals surface area contributed by atoms with Crippen molar-refractivity contribution in [3.05, 3.63) is 0 Å². The molecule has 0 aliphatic carbocycles. The summed E-state index contributed by atoms with van der Waals surface area (Å²) in [5, 5.41) is 8.96. The molecule has 0 saturated carbocycles. The molecule has 1 atom stereocenters. The van der Waals surface area contributed by atoms with Gasteiger partial charge in [0.2, 0.25) is 0 Å². The Bertz CT molecular complexity index is 243. The van der Waals surface area contributed by atoms with Gasteiger partial charge in [-0.2, -0.15) is 0 Å². The number of aliphatic carboxylic acids is 1. The van der Waals surface area contributed by atoms with Crippen LogP contribution in [0.1, 0.15) is 32.6 Å². The predicted octanol–water partition coefficient (Wildman–Crippen LogP) is 2.79. The molecule has 1 saturated heterocycles. The highest BCUT2D eigenvalue weighted by Gasteiger charge is 2.33. The molecule has 0 aromatic heterocycles. The van der Waals surface area contributed by atoms with Gasteiger partial charge in [-0.15, -0.1) is 0 Å². The Morgan fingerprint density at radius 1 is 1.50 bits per heavy atom. The topological polar surface area (TPSA) is 40.5 Å². The minimum Gasteiger partial charge on any atom is -0.481 e. The molecule has 1 aliphatic rings. The number of carboxylic acids is 1. The predicted molar refractivity (Wildman–Crippen MR) is 69.1 cm³/mol. The van der Waals surface area contributed by atoms with E-state index in [4.69, 9.17) is 5.11 Å². The highest BCUT2D eigenvalue weighted by atomic mass is 28.3. The maximum atomic E-state index is 10.9. The van der Waals surface area contributed by atoms with E-state index in [9.17, 15) is 4.79 Å². The van der Waals surface area contributed by atoms with Gasteiger partial charge < -0.3 is 9.67 Å². The van der Waals surface area contributed by atoms with E-state index in [-0.39, 0.29) is 5.92 Å². The Balaban J connectivity index is 2.27. The zero-order valence-electron chi connectivity index (χ0n) is 10.8. The minimum absolute atomic E-state index is 0.132. The molecule has 1 N–H and O–H groups in total. The van der Waals surface area contributed by atoms with Crippen LogP contribution in [0, 0.1) is 5.92 Å². The van der Waals surface area contributed by atoms with E-state index in [2.05, 4.69) is 17.7 Å². The first-order chi connectivity index (χ1) is 7.47. The van der Waals surface area contributed by atoms with Gasteiger partial charge in [0.15, 0.2) is 0 Å². The van der Waals surface area contributed by atoms with Gasteiger partial charge >= 0.3 is 5.97 Å². The van der Waals surface area contributed by atoms with Crippen LogP contribution in [0.5, 0.6) is 0 Å². The summed E-state index contributed by atoms with van der Waals surface area (Å²) in [6, 6.07) is 1.41. The standard InChI is InChI=1S/C12H25NO2Si/c1-4-11(12(14)15)7-5-8-13-9-6-10-16(13,2)3/h11H,4-10H2,1-3H3,(H,14,15). The fourth-order valence-electron chi connectivity index (χ4n) is 2.61. The van der Waals surface area contributed by atoms with Crippen molar-refractivity contribution in [3.8, 4) is 0 Å². The molecule has 1 aliphatic heterocycles. The fourth-order valence-corrected chi connectivity index (χ4v) is 5.47. The van der Waals surface area contributed by atoms with E-state index in [1.54, 1.807) is 0 Å². The smallest absolute Gasteiger partial charge is 0.306 e. The first-order valence-electron chi connectivity index (χ1n) is 6.45. The minimum atomic E-state index is -1.09. The third kappa shape index (κ3) is 3.59. The lowest BCUT2D eigenvalue weighted by molar-refractivity contribution is -0.142. The second-order valence-corrected chi connectivity index (χ2v) is 10.2. The van der Waals surface area contributed by atoms with Crippen molar-refractivity contribution in [2.45, 2.75) is 51.7 Å². The summed E-state index contributed by atoms with van der Waals surface area (Å²) in [5.74, 6) is -0.757. The molecule has 0 radical (unpaired) electrons. The van der Waals surface area contributed by atoms with Crippen molar-refractivity contribution < 1.29 is 9.90 Å². The van der Waals surface area contributed by atoms with E-state index in [1.807, 2.05) is 6.92 Å². The highest BCUT2D eigenvalue weighted by molar-refractivity contribution is 6.75. The van der Waals surface area contributed by atoms with E-state index >= 15 is 0 Å². The maximum absolute atomic E-state index is 10.9. The second kappa shape index (κ2) is 5.82. The summed E-state index contributed by atoms with van der Waals surface area (Å²) in [6.45, 7) is 9.17. The molecular formula is C12H25NO2Si. The summed E-state index contributed by atoms with van der Waals surface area (Å²) in [4.78, 5) is 10.9. The van der Waals surface area contributed by atoms with E-state index < -0.39 is 14.2 Å². The quantitative estimate of drug-likeness (QED) is 0.729. The summed E-state index contributed by atoms with van der Waals surface area (Å²) >= 11 is 0. The molecule has 0 bridgehead atoms. The van der Waals surface area contributed by atoms with Gasteiger partial charge in [0.25, 0.3) is 0 Å². The Labute approximate surface area is 99.9 Å². The Kier molecular flexibility index (Phi) is 4.99. The summed E-state index contributed by atoms with van der Waals surface area (Å²) < 4.78 is 2.64. The molecule has 16 heavy (non-hydrogen) atoms. The number of rotatable bonds is 6. The van der Waals surface area contributed by atoms with Crippen molar-refractivity contribution >= 4 is 14.2 Å². The van der Waals surface area contributed by atoms with Gasteiger partial charge in [0, 0.05) is 0 Å². The van der Waals surface area contributed by atoms with E-state index in [0.717, 1.165) is 25.8 Å². The normalized spacial score (nSPS) is 22.2. The monoisotopic (exact) mass is 243 g/mol. The van der Waals surface area contributed by atoms with Crippen LogP contribution in [-0.2, 0) is 4.79 Å². The van der Waals surface area contributed by atoms with Crippen LogP contribution in [-0.4, -0.2) is 37.0 Å². The summed E-state index contributed by atoms with van der Waals surface area (Å²) in [5.41, 5.74) is 0. The third-order valence-electron chi connectivity index (χ3n) is 3.90. The molecule has 94 valence electrons. The average molecular weight is 243 g/mol. The van der Waals surface area contributed by atoms with Gasteiger partial charge in [-0.3, -0.25) is 4.79 Å². The molecule has 0 aromatic rings. The van der Waals surface area contributed by atoms with Crippen molar-refractivity contribution in [1.29, 1.82) is 0 Å². The Hall–Kier alpha value is -0.353. The lowest BCUT2D eigenvalue weighted by atomic mass is 10.0. The van der Waals surface area contributed by atoms with Gasteiger partial charge in [0.05, 0.1) is 5.92 Å². The lowest BCUT2D eigenvalue weighted by Crippen LogP contribution is -2.43. The molecule has 0 amide bonds. The van der Waals surface area contributed by atoms with Crippen molar-refractivity contribution in [1.82, 2.24) is 4.57 Å². The molecule has 1 fully saturated rings. The van der Waals surface area contributed by atoms with Crippen LogP contribution < -0.4 is 0 Å². The van der Waals surface area contributed by atoms with Gasteiger partial charge in [-0.25, -0.2) is 0 Å². The van der Waals surface area contributed by atoms with Crippen molar-refractivity contribution in [2.75, 3.05) is 13.1 Å². The molecule has 0 spiro atoms. The first-order valence-corrected chi connectivity index (χ1v) is 9.60. The molecule has 4 heteroatoms. The summed E-state index contributed by atoms with van der Waals surface area (Å²) in [7, 11) is -1.09. The number of carboxylic acid groups (broad SMARTS) is 1. The molecule has 1 unspecified atom stereocenters. The Morgan fingerprint density at radius 3 is 2.62 bits per heavy atom. The first kappa shape index (κ1) is 13.7. The third-order valence-corrected chi connectivity index (χ3v) is 7.63. The highest BCUT2D eigenvalue weighted by Crippen LogP contribution is 2.26. The molecular weight excluding hydrogens is 218 g/mol. The van der Waals surface area contributed by atoms with Crippen LogP contribution >= 0.6 is 0 Å². The number of hydrogen-bond donors (Lipinski definition) is 1. The van der Waals surface area contributed by atoms with Crippen molar-refractivity contribution in [2.24, 2.45) is 5.92 Å². The molecule has 0 aromatic carbocycles. The van der Waals surface area contributed by atoms with Gasteiger partial charge in [-0.1, -0.05) is 20.0 Å². The fraction of sp³-hybridized carbons (Fsp3) is 0.917. The lowest BCUT2D eigenvalue weighted by Gasteiger charge is -2.29. The Morgan fingerprint density at radius 2 is 2.19 bits per heavy atom. The van der Waals surface area contributed by atoms with E-state index in [0.29, 0.717) is 0 Å². The maximum Gasteiger partial charge on any atom is 0.306 e. The summed E-state index contributed by atoms with van der Waals surface area (Å²) in [6.07, 6.45) is 3.99. The largest absolute Gasteiger partial charge is 0.481 e. The van der Waals surface area contributed by atoms with Crippen LogP contribution in [0.3, 0.4) is 0 Å². The van der Waals surface area contributed by atoms with Gasteiger partial charge in [-0.05, 0) is 44.8 Å². The average Bonchev–Trinajstić information content (AvgIpc) is 2.52. The second-order valence-electron chi connectivity index (χ2n) is 5.49. The molecule has 1 rings (SSSR count). The van der Waals surface area contributed by atoms with Gasteiger partial charge in [0.1, 0.15) is 8.24 Å². The van der Waals surface area contributed by atoms with Crippen LogP contribution in [0.4, 0.5) is 0 Å². The van der Waals surface area contributed by atoms with Crippen LogP contribution in [0.15, 0.2) is 0 Å². The zero-order valence-corrected chi connectivity index (χ0v) is 11.8. The number of hydrogen-bond acceptors (Lipinski definition) is 2. The molecule has 3 nitrogen and oxygen atoms in total. The van der Waals surface area contributed by atoms with Crippen LogP contribution in [0.2, 0.25) is 19.1 Å². The number of carbonyl (C=O) groups is 1. The van der Waals surface area contributed by atoms with Crippen molar-refractivity contribution in [3.63, 3.8) is 0 Å². The number of nitrogens with zero attached hydrogens (tertiary/aromatic N) is 1. The molecule has 1 heterocycles. The van der Waals surface area contributed by atoms with E-state index in [1.165, 1.54) is 19.0 Å².